The van der Waals surface area contributed by atoms with Gasteiger partial charge in [0.25, 0.3) is 0 Å². The number of hydrogen-bond donors (Lipinski definition) is 1. The molecule has 156 valence electrons. The number of nitrogens with zero attached hydrogens (tertiary/aromatic N) is 2. The number of benzene rings is 1. The van der Waals surface area contributed by atoms with Gasteiger partial charge >= 0.3 is 0 Å². The van der Waals surface area contributed by atoms with Crippen molar-refractivity contribution in [3.05, 3.63) is 30.3 Å². The third-order valence-corrected chi connectivity index (χ3v) is 5.56. The molecule has 1 aromatic carbocycles. The number of hydrogen-bond acceptors (Lipinski definition) is 4. The summed E-state index contributed by atoms with van der Waals surface area (Å²) in [6.07, 6.45) is 2.63. The summed E-state index contributed by atoms with van der Waals surface area (Å²) in [5.41, 5.74) is 6.08. The van der Waals surface area contributed by atoms with Gasteiger partial charge < -0.3 is 20.3 Å². The Morgan fingerprint density at radius 1 is 1.21 bits per heavy atom. The predicted octanol–water partition coefficient (Wildman–Crippen LogP) is 2.53. The highest BCUT2D eigenvalue weighted by Crippen LogP contribution is 2.20. The van der Waals surface area contributed by atoms with E-state index in [9.17, 15) is 9.59 Å². The number of rotatable bonds is 9. The topological polar surface area (TPSA) is 75.9 Å². The van der Waals surface area contributed by atoms with Gasteiger partial charge in [-0.25, -0.2) is 0 Å². The Bertz CT molecular complexity index is 613. The molecule has 0 aromatic heterocycles. The van der Waals surface area contributed by atoms with Crippen LogP contribution in [-0.2, 0) is 9.59 Å². The molecule has 2 rings (SSSR count). The Labute approximate surface area is 169 Å². The molecule has 28 heavy (non-hydrogen) atoms. The first-order valence-electron chi connectivity index (χ1n) is 10.3. The molecule has 1 saturated heterocycles. The van der Waals surface area contributed by atoms with Crippen LogP contribution in [0.5, 0.6) is 5.75 Å². The summed E-state index contributed by atoms with van der Waals surface area (Å²) in [4.78, 5) is 28.7. The number of likely N-dealkylation sites (tertiary alicyclic amines) is 1. The van der Waals surface area contributed by atoms with Gasteiger partial charge in [-0.15, -0.1) is 0 Å². The van der Waals surface area contributed by atoms with E-state index in [0.29, 0.717) is 38.6 Å². The minimum Gasteiger partial charge on any atom is -0.493 e. The Morgan fingerprint density at radius 2 is 1.86 bits per heavy atom. The van der Waals surface area contributed by atoms with E-state index in [1.165, 1.54) is 0 Å². The lowest BCUT2D eigenvalue weighted by Gasteiger charge is -2.33. The summed E-state index contributed by atoms with van der Waals surface area (Å²) in [7, 11) is 1.85. The van der Waals surface area contributed by atoms with Crippen LogP contribution in [0.1, 0.15) is 39.5 Å². The quantitative estimate of drug-likeness (QED) is 0.704. The number of piperidine rings is 1. The van der Waals surface area contributed by atoms with Gasteiger partial charge in [0.15, 0.2) is 0 Å². The van der Waals surface area contributed by atoms with E-state index in [4.69, 9.17) is 10.5 Å². The fourth-order valence-corrected chi connectivity index (χ4v) is 3.40. The Morgan fingerprint density at radius 3 is 2.46 bits per heavy atom. The van der Waals surface area contributed by atoms with E-state index in [1.54, 1.807) is 4.90 Å². The van der Waals surface area contributed by atoms with Crippen LogP contribution >= 0.6 is 0 Å². The first-order valence-corrected chi connectivity index (χ1v) is 10.3. The third-order valence-electron chi connectivity index (χ3n) is 5.56. The summed E-state index contributed by atoms with van der Waals surface area (Å²) < 4.78 is 5.60. The second-order valence-corrected chi connectivity index (χ2v) is 8.02. The molecule has 1 aromatic rings. The summed E-state index contributed by atoms with van der Waals surface area (Å²) >= 11 is 0. The number of ether oxygens (including phenoxy) is 1. The van der Waals surface area contributed by atoms with Gasteiger partial charge in [-0.3, -0.25) is 9.59 Å². The van der Waals surface area contributed by atoms with Crippen LogP contribution in [0.25, 0.3) is 0 Å². The van der Waals surface area contributed by atoms with Crippen LogP contribution in [-0.4, -0.2) is 60.9 Å². The van der Waals surface area contributed by atoms with Crippen LogP contribution in [0.2, 0.25) is 0 Å². The van der Waals surface area contributed by atoms with Gasteiger partial charge in [-0.05, 0) is 37.3 Å². The highest BCUT2D eigenvalue weighted by molar-refractivity contribution is 5.80. The minimum atomic E-state index is 0.00453. The van der Waals surface area contributed by atoms with Gasteiger partial charge in [-0.2, -0.15) is 0 Å². The number of para-hydroxylation sites is 1. The van der Waals surface area contributed by atoms with Crippen molar-refractivity contribution in [2.75, 3.05) is 33.3 Å². The fourth-order valence-electron chi connectivity index (χ4n) is 3.40. The molecular weight excluding hydrogens is 354 g/mol. The molecule has 0 saturated carbocycles. The third kappa shape index (κ3) is 6.82. The maximum Gasteiger partial charge on any atom is 0.225 e. The number of amides is 2. The highest BCUT2D eigenvalue weighted by Gasteiger charge is 2.29. The molecule has 1 atom stereocenters. The molecule has 1 aliphatic heterocycles. The molecule has 6 heteroatoms. The highest BCUT2D eigenvalue weighted by atomic mass is 16.5. The van der Waals surface area contributed by atoms with Crippen LogP contribution < -0.4 is 10.5 Å². The van der Waals surface area contributed by atoms with Crippen LogP contribution in [0.3, 0.4) is 0 Å². The zero-order chi connectivity index (χ0) is 20.5. The average molecular weight is 390 g/mol. The second kappa shape index (κ2) is 11.1. The van der Waals surface area contributed by atoms with Gasteiger partial charge in [0.1, 0.15) is 5.75 Å². The summed E-state index contributed by atoms with van der Waals surface area (Å²) in [5.74, 6) is 1.47. The number of carbonyl (C=O) groups excluding carboxylic acids is 2. The second-order valence-electron chi connectivity index (χ2n) is 8.02. The van der Waals surface area contributed by atoms with Crippen molar-refractivity contribution >= 4 is 11.8 Å². The molecule has 2 N–H and O–H groups in total. The van der Waals surface area contributed by atoms with E-state index >= 15 is 0 Å². The summed E-state index contributed by atoms with van der Waals surface area (Å²) in [6, 6.07) is 9.63. The smallest absolute Gasteiger partial charge is 0.225 e. The number of nitrogens with two attached hydrogens (primary N) is 1. The largest absolute Gasteiger partial charge is 0.493 e. The predicted molar refractivity (Wildman–Crippen MR) is 111 cm³/mol. The average Bonchev–Trinajstić information content (AvgIpc) is 2.71. The Kier molecular flexibility index (Phi) is 8.77. The Balaban J connectivity index is 1.68. The van der Waals surface area contributed by atoms with Crippen LogP contribution in [0.15, 0.2) is 30.3 Å². The first-order chi connectivity index (χ1) is 13.4. The summed E-state index contributed by atoms with van der Waals surface area (Å²) in [6.45, 7) is 6.54. The normalized spacial score (nSPS) is 16.1. The molecule has 0 aliphatic carbocycles. The van der Waals surface area contributed by atoms with Crippen molar-refractivity contribution in [3.8, 4) is 5.75 Å². The van der Waals surface area contributed by atoms with E-state index in [1.807, 2.05) is 42.3 Å². The van der Waals surface area contributed by atoms with E-state index in [0.717, 1.165) is 25.0 Å². The lowest BCUT2D eigenvalue weighted by atomic mass is 9.94. The van der Waals surface area contributed by atoms with Crippen molar-refractivity contribution in [2.24, 2.45) is 17.6 Å². The van der Waals surface area contributed by atoms with E-state index < -0.39 is 0 Å². The molecule has 1 unspecified atom stereocenters. The van der Waals surface area contributed by atoms with Gasteiger partial charge in [0.05, 0.1) is 13.0 Å². The van der Waals surface area contributed by atoms with Crippen molar-refractivity contribution in [1.29, 1.82) is 0 Å². The molecule has 0 radical (unpaired) electrons. The van der Waals surface area contributed by atoms with E-state index in [-0.39, 0.29) is 23.8 Å². The van der Waals surface area contributed by atoms with Gasteiger partial charge in [0.2, 0.25) is 11.8 Å². The van der Waals surface area contributed by atoms with Crippen molar-refractivity contribution in [2.45, 2.75) is 45.6 Å². The molecule has 1 aliphatic rings. The SMILES string of the molecule is CC(C)C(N)CCN(C)C(=O)C1CCN(C(=O)CCOc2ccccc2)CC1. The monoisotopic (exact) mass is 389 g/mol. The molecule has 2 amide bonds. The maximum absolute atomic E-state index is 12.6. The molecule has 1 fully saturated rings. The zero-order valence-electron chi connectivity index (χ0n) is 17.5. The standard InChI is InChI=1S/C22H35N3O3/c1-17(2)20(23)11-13-24(3)22(27)18-9-14-25(15-10-18)21(26)12-16-28-19-7-5-4-6-8-19/h4-8,17-18,20H,9-16,23H2,1-3H3. The van der Waals surface area contributed by atoms with Crippen LogP contribution in [0.4, 0.5) is 0 Å². The van der Waals surface area contributed by atoms with E-state index in [2.05, 4.69) is 13.8 Å². The first kappa shape index (κ1) is 22.2. The molecular formula is C22H35N3O3. The molecule has 0 bridgehead atoms. The maximum atomic E-state index is 12.6. The Hall–Kier alpha value is -2.08. The van der Waals surface area contributed by atoms with Gasteiger partial charge in [0, 0.05) is 38.6 Å². The lowest BCUT2D eigenvalue weighted by Crippen LogP contribution is -2.44. The zero-order valence-corrected chi connectivity index (χ0v) is 17.5. The molecule has 1 heterocycles. The fraction of sp³-hybridized carbons (Fsp3) is 0.636. The van der Waals surface area contributed by atoms with Crippen molar-refractivity contribution in [1.82, 2.24) is 9.80 Å². The van der Waals surface area contributed by atoms with Gasteiger partial charge in [-0.1, -0.05) is 32.0 Å². The lowest BCUT2D eigenvalue weighted by molar-refractivity contribution is -0.140. The number of carbonyl (C=O) groups is 2. The minimum absolute atomic E-state index is 0.00453. The molecule has 0 spiro atoms. The summed E-state index contributed by atoms with van der Waals surface area (Å²) in [5, 5.41) is 0. The van der Waals surface area contributed by atoms with Crippen molar-refractivity contribution < 1.29 is 14.3 Å². The van der Waals surface area contributed by atoms with Crippen molar-refractivity contribution in [3.63, 3.8) is 0 Å². The molecule has 6 nitrogen and oxygen atoms in total. The van der Waals surface area contributed by atoms with Crippen LogP contribution in [0, 0.1) is 11.8 Å².